The van der Waals surface area contributed by atoms with E-state index in [-0.39, 0.29) is 76.0 Å². The Kier molecular flexibility index (Phi) is 18.3. The number of hydrogen-bond donors (Lipinski definition) is 2. The van der Waals surface area contributed by atoms with Crippen LogP contribution in [-0.2, 0) is 38.8 Å². The van der Waals surface area contributed by atoms with Crippen molar-refractivity contribution in [1.82, 2.24) is 4.90 Å². The highest BCUT2D eigenvalue weighted by Crippen LogP contribution is 2.62. The van der Waals surface area contributed by atoms with Crippen molar-refractivity contribution in [2.24, 2.45) is 22.9 Å². The predicted octanol–water partition coefficient (Wildman–Crippen LogP) is 11.8. The van der Waals surface area contributed by atoms with E-state index < -0.39 is 34.6 Å². The fourth-order valence-electron chi connectivity index (χ4n) is 10.6. The number of halogens is 1. The minimum atomic E-state index is -1.63. The number of ether oxygens (including phenoxy) is 5. The minimum absolute atomic E-state index is 0.0157. The number of non-ortho nitro benzene ring substituents is 1. The molecule has 2 N–H and O–H groups in total. The summed E-state index contributed by atoms with van der Waals surface area (Å²) in [6, 6.07) is 32.5. The smallest absolute Gasteiger partial charge is 0.410 e. The summed E-state index contributed by atoms with van der Waals surface area (Å²) in [4.78, 5) is 33.9. The van der Waals surface area contributed by atoms with Crippen molar-refractivity contribution in [2.75, 3.05) is 33.0 Å². The number of fused-ring (bicyclic) bond motifs is 2. The molecule has 8 rings (SSSR count). The Bertz CT molecular complexity index is 2750. The van der Waals surface area contributed by atoms with E-state index in [4.69, 9.17) is 33.7 Å². The molecule has 74 heavy (non-hydrogen) atoms. The van der Waals surface area contributed by atoms with Crippen LogP contribution in [0.5, 0.6) is 17.2 Å². The molecule has 15 heteroatoms. The molecule has 0 radical (unpaired) electrons. The molecule has 1 fully saturated rings. The number of rotatable bonds is 25. The summed E-state index contributed by atoms with van der Waals surface area (Å²) in [5.41, 5.74) is 6.62. The summed E-state index contributed by atoms with van der Waals surface area (Å²) < 4.78 is 47.7. The third kappa shape index (κ3) is 12.7. The van der Waals surface area contributed by atoms with E-state index in [1.54, 1.807) is 35.2 Å². The molecule has 2 aliphatic carbocycles. The van der Waals surface area contributed by atoms with Gasteiger partial charge in [0.05, 0.1) is 36.4 Å². The lowest BCUT2D eigenvalue weighted by Gasteiger charge is -2.59. The molecule has 1 amide bonds. The van der Waals surface area contributed by atoms with Crippen LogP contribution in [0.15, 0.2) is 145 Å². The number of nitro groups is 1. The van der Waals surface area contributed by atoms with E-state index in [2.05, 4.69) is 19.6 Å². The Balaban J connectivity index is 1.28. The number of benzene rings is 5. The van der Waals surface area contributed by atoms with Crippen LogP contribution in [0.1, 0.15) is 84.2 Å². The SMILES string of the molecule is C=CCO[C@@]12Oc3ccc(Oc4ccc(C)c(C)c4)cc3[C@H]3[C@H](CCCCO)[C@@H](CCCCO)C=C(C(=NOCc4ccc([N+](=O)[O-])cc4)C[C@@H]1N(Cc1ccc(F)cc1)C(=O)OCCOCc1ccccc1)[C@H]32. The molecule has 3 aliphatic rings. The van der Waals surface area contributed by atoms with E-state index in [0.29, 0.717) is 60.0 Å². The second-order valence-corrected chi connectivity index (χ2v) is 19.2. The van der Waals surface area contributed by atoms with Gasteiger partial charge in [0, 0.05) is 49.8 Å². The molecule has 1 heterocycles. The lowest BCUT2D eigenvalue weighted by molar-refractivity contribution is -0.384. The molecule has 1 saturated carbocycles. The van der Waals surface area contributed by atoms with Crippen molar-refractivity contribution < 1.29 is 52.8 Å². The second-order valence-electron chi connectivity index (χ2n) is 19.2. The van der Waals surface area contributed by atoms with Crippen LogP contribution in [0.3, 0.4) is 0 Å². The zero-order valence-corrected chi connectivity index (χ0v) is 42.1. The Hall–Kier alpha value is -6.91. The number of aryl methyl sites for hydroxylation is 2. The van der Waals surface area contributed by atoms with Gasteiger partial charge in [0.15, 0.2) is 0 Å². The van der Waals surface area contributed by atoms with E-state index in [9.17, 15) is 24.7 Å². The predicted molar refractivity (Wildman–Crippen MR) is 278 cm³/mol. The van der Waals surface area contributed by atoms with Gasteiger partial charge in [0.2, 0.25) is 5.79 Å². The number of aliphatic hydroxyl groups is 2. The molecule has 5 aromatic rings. The van der Waals surface area contributed by atoms with E-state index in [1.165, 1.54) is 24.3 Å². The van der Waals surface area contributed by atoms with E-state index >= 15 is 4.79 Å². The number of allylic oxidation sites excluding steroid dienone is 1. The van der Waals surface area contributed by atoms with Gasteiger partial charge in [-0.3, -0.25) is 15.0 Å². The van der Waals surface area contributed by atoms with Crippen LogP contribution >= 0.6 is 0 Å². The quantitative estimate of drug-likeness (QED) is 0.0247. The largest absolute Gasteiger partial charge is 0.459 e. The van der Waals surface area contributed by atoms with Crippen molar-refractivity contribution in [1.29, 1.82) is 0 Å². The summed E-state index contributed by atoms with van der Waals surface area (Å²) in [7, 11) is 0. The Labute approximate surface area is 432 Å². The summed E-state index contributed by atoms with van der Waals surface area (Å²) >= 11 is 0. The molecule has 14 nitrogen and oxygen atoms in total. The number of carbonyl (C=O) groups is 1. The summed E-state index contributed by atoms with van der Waals surface area (Å²) in [5.74, 6) is -1.38. The first-order valence-corrected chi connectivity index (χ1v) is 25.5. The number of carbonyl (C=O) groups excluding carboxylic acids is 1. The highest BCUT2D eigenvalue weighted by atomic mass is 19.1. The molecule has 5 aromatic carbocycles. The van der Waals surface area contributed by atoms with Crippen molar-refractivity contribution in [2.45, 2.75) is 96.3 Å². The average Bonchev–Trinajstić information content (AvgIpc) is 3.42. The monoisotopic (exact) mass is 1010 g/mol. The summed E-state index contributed by atoms with van der Waals surface area (Å²) in [5, 5.41) is 36.5. The van der Waals surface area contributed by atoms with Crippen LogP contribution in [0.4, 0.5) is 14.9 Å². The van der Waals surface area contributed by atoms with Gasteiger partial charge in [-0.1, -0.05) is 78.7 Å². The summed E-state index contributed by atoms with van der Waals surface area (Å²) in [6.07, 6.45) is 7.36. The van der Waals surface area contributed by atoms with Crippen molar-refractivity contribution in [3.63, 3.8) is 0 Å². The molecule has 0 aromatic heterocycles. The molecule has 1 aliphatic heterocycles. The topological polar surface area (TPSA) is 172 Å². The molecular formula is C59H66FN3O11. The lowest BCUT2D eigenvalue weighted by atomic mass is 9.55. The van der Waals surface area contributed by atoms with Gasteiger partial charge in [-0.15, -0.1) is 6.58 Å². The first-order chi connectivity index (χ1) is 36.0. The Morgan fingerprint density at radius 2 is 1.57 bits per heavy atom. The Morgan fingerprint density at radius 1 is 0.865 bits per heavy atom. The number of aliphatic hydroxyl groups excluding tert-OH is 2. The van der Waals surface area contributed by atoms with Crippen LogP contribution < -0.4 is 9.47 Å². The fraction of sp³-hybridized carbons (Fsp3) is 0.390. The summed E-state index contributed by atoms with van der Waals surface area (Å²) in [6.45, 7) is 8.54. The molecule has 0 spiro atoms. The number of amides is 1. The maximum Gasteiger partial charge on any atom is 0.410 e. The molecular weight excluding hydrogens is 946 g/mol. The Morgan fingerprint density at radius 3 is 2.28 bits per heavy atom. The van der Waals surface area contributed by atoms with Crippen LogP contribution in [0.25, 0.3) is 0 Å². The second kappa shape index (κ2) is 25.4. The van der Waals surface area contributed by atoms with Crippen molar-refractivity contribution in [3.8, 4) is 17.2 Å². The lowest BCUT2D eigenvalue weighted by Crippen LogP contribution is -2.70. The van der Waals surface area contributed by atoms with Gasteiger partial charge < -0.3 is 38.7 Å². The number of nitro benzene ring substituents is 1. The maximum atomic E-state index is 15.1. The van der Waals surface area contributed by atoms with Crippen molar-refractivity contribution in [3.05, 3.63) is 189 Å². The van der Waals surface area contributed by atoms with Crippen LogP contribution in [-0.4, -0.2) is 76.7 Å². The van der Waals surface area contributed by atoms with Gasteiger partial charge in [-0.05, 0) is 139 Å². The van der Waals surface area contributed by atoms with E-state index in [1.807, 2.05) is 73.7 Å². The molecule has 0 unspecified atom stereocenters. The molecule has 0 bridgehead atoms. The molecule has 0 saturated heterocycles. The van der Waals surface area contributed by atoms with E-state index in [0.717, 1.165) is 47.1 Å². The zero-order chi connectivity index (χ0) is 52.0. The van der Waals surface area contributed by atoms with Gasteiger partial charge >= 0.3 is 6.09 Å². The fourth-order valence-corrected chi connectivity index (χ4v) is 10.6. The van der Waals surface area contributed by atoms with Gasteiger partial charge in [-0.25, -0.2) is 9.18 Å². The maximum absolute atomic E-state index is 15.1. The standard InChI is InChI=1S/C59H66FN3O11/c1-4-30-71-59-55(62(37-42-17-21-46(60)22-18-42)58(66)70-32-31-69-38-43-12-6-5-7-13-43)36-53(61-72-39-44-19-23-47(24-20-44)63(67)68)51-34-45(14-8-10-28-64)50(15-9-11-29-65)56(57(51)59)52-35-49(26-27-54(52)74-59)73-48-25-16-40(2)41(3)33-48/h4-7,12-13,16-27,33-35,45,50,55-57,64-65H,1,8-11,14-15,28-32,36-39H2,2-3H3/t45-,50+,55-,56+,57+,59+/m0/s1. The van der Waals surface area contributed by atoms with Crippen LogP contribution in [0.2, 0.25) is 0 Å². The normalized spacial score (nSPS) is 21.1. The van der Waals surface area contributed by atoms with Crippen molar-refractivity contribution >= 4 is 17.5 Å². The number of hydrogen-bond acceptors (Lipinski definition) is 12. The third-order valence-corrected chi connectivity index (χ3v) is 14.4. The third-order valence-electron chi connectivity index (χ3n) is 14.4. The highest BCUT2D eigenvalue weighted by Gasteiger charge is 2.65. The number of nitrogens with zero attached hydrogens (tertiary/aromatic N) is 3. The number of unbranched alkanes of at least 4 members (excludes halogenated alkanes) is 2. The first-order valence-electron chi connectivity index (χ1n) is 25.5. The van der Waals surface area contributed by atoms with Gasteiger partial charge in [-0.2, -0.15) is 0 Å². The van der Waals surface area contributed by atoms with Gasteiger partial charge in [0.1, 0.15) is 42.3 Å². The average molecular weight is 1010 g/mol. The molecule has 6 atom stereocenters. The number of oxime groups is 1. The minimum Gasteiger partial charge on any atom is -0.459 e. The first kappa shape index (κ1) is 53.4. The zero-order valence-electron chi connectivity index (χ0n) is 42.1. The highest BCUT2D eigenvalue weighted by molar-refractivity contribution is 6.03. The molecule has 390 valence electrons. The van der Waals surface area contributed by atoms with Gasteiger partial charge in [0.25, 0.3) is 5.69 Å². The van der Waals surface area contributed by atoms with Crippen LogP contribution in [0, 0.1) is 47.5 Å².